The van der Waals surface area contributed by atoms with Crippen LogP contribution in [0.3, 0.4) is 0 Å². The molecule has 0 saturated carbocycles. The fourth-order valence-corrected chi connectivity index (χ4v) is 3.86. The summed E-state index contributed by atoms with van der Waals surface area (Å²) in [4.78, 5) is 7.18. The van der Waals surface area contributed by atoms with E-state index in [0.717, 1.165) is 54.9 Å². The number of benzene rings is 1. The third-order valence-electron chi connectivity index (χ3n) is 5.84. The number of piperidine rings is 1. The van der Waals surface area contributed by atoms with Crippen LogP contribution in [0.2, 0.25) is 0 Å². The second kappa shape index (κ2) is 16.3. The molecule has 2 N–H and O–H groups in total. The molecule has 1 aromatic carbocycles. The lowest BCUT2D eigenvalue weighted by molar-refractivity contribution is 0.0702. The Labute approximate surface area is 215 Å². The molecule has 0 aliphatic carbocycles. The van der Waals surface area contributed by atoms with Gasteiger partial charge in [0.1, 0.15) is 0 Å². The topological polar surface area (TPSA) is 76.6 Å². The molecule has 3 rings (SSSR count). The van der Waals surface area contributed by atoms with Crippen molar-refractivity contribution in [1.82, 2.24) is 10.2 Å². The van der Waals surface area contributed by atoms with E-state index in [2.05, 4.69) is 22.6 Å². The lowest BCUT2D eigenvalue weighted by atomic mass is 9.94. The first-order valence-electron chi connectivity index (χ1n) is 11.9. The van der Waals surface area contributed by atoms with Crippen molar-refractivity contribution in [2.45, 2.75) is 32.1 Å². The molecule has 2 aliphatic heterocycles. The first kappa shape index (κ1) is 27.9. The summed E-state index contributed by atoms with van der Waals surface area (Å²) in [6, 6.07) is 5.96. The molecule has 8 nitrogen and oxygen atoms in total. The van der Waals surface area contributed by atoms with E-state index in [1.165, 1.54) is 25.9 Å². The molecule has 0 aromatic heterocycles. The lowest BCUT2D eigenvalue weighted by Gasteiger charge is -2.29. The Balaban J connectivity index is 0.00000385. The average Bonchev–Trinajstić information content (AvgIpc) is 3.04. The summed E-state index contributed by atoms with van der Waals surface area (Å²) in [6.07, 6.45) is 5.48. The van der Waals surface area contributed by atoms with Crippen LogP contribution in [0, 0.1) is 5.92 Å². The van der Waals surface area contributed by atoms with Crippen molar-refractivity contribution >= 4 is 35.6 Å². The van der Waals surface area contributed by atoms with E-state index in [-0.39, 0.29) is 24.0 Å². The maximum atomic E-state index is 5.83. The summed E-state index contributed by atoms with van der Waals surface area (Å²) in [5.41, 5.74) is 0.941. The molecule has 0 radical (unpaired) electrons. The number of rotatable bonds is 11. The van der Waals surface area contributed by atoms with Crippen molar-refractivity contribution in [3.05, 3.63) is 18.2 Å². The monoisotopic (exact) mass is 576 g/mol. The van der Waals surface area contributed by atoms with Crippen LogP contribution in [0.15, 0.2) is 23.2 Å². The lowest BCUT2D eigenvalue weighted by Crippen LogP contribution is -2.35. The largest absolute Gasteiger partial charge is 0.490 e. The molecule has 0 atom stereocenters. The summed E-state index contributed by atoms with van der Waals surface area (Å²) in [5, 5.41) is 6.96. The molecule has 1 saturated heterocycles. The molecular formula is C24H41IN4O4. The van der Waals surface area contributed by atoms with Gasteiger partial charge < -0.3 is 34.5 Å². The van der Waals surface area contributed by atoms with Crippen molar-refractivity contribution in [1.29, 1.82) is 0 Å². The molecule has 0 spiro atoms. The van der Waals surface area contributed by atoms with E-state index < -0.39 is 0 Å². The highest BCUT2D eigenvalue weighted by Crippen LogP contribution is 2.32. The van der Waals surface area contributed by atoms with Gasteiger partial charge in [-0.2, -0.15) is 0 Å². The minimum atomic E-state index is 0. The van der Waals surface area contributed by atoms with Crippen LogP contribution in [0.4, 0.5) is 5.69 Å². The Hall–Kier alpha value is -1.30. The number of methoxy groups -OCH3 is 1. The van der Waals surface area contributed by atoms with Crippen molar-refractivity contribution in [3.8, 4) is 11.5 Å². The zero-order valence-corrected chi connectivity index (χ0v) is 22.5. The summed E-state index contributed by atoms with van der Waals surface area (Å²) < 4.78 is 22.1. The van der Waals surface area contributed by atoms with E-state index in [1.54, 1.807) is 7.11 Å². The quantitative estimate of drug-likeness (QED) is 0.181. The van der Waals surface area contributed by atoms with Gasteiger partial charge in [-0.1, -0.05) is 0 Å². The number of aliphatic imine (C=N–C) groups is 1. The fourth-order valence-electron chi connectivity index (χ4n) is 3.86. The Bertz CT molecular complexity index is 699. The van der Waals surface area contributed by atoms with Gasteiger partial charge in [-0.25, -0.2) is 0 Å². The summed E-state index contributed by atoms with van der Waals surface area (Å²) in [5.74, 6) is 3.16. The Morgan fingerprint density at radius 3 is 2.70 bits per heavy atom. The number of hydrogen-bond acceptors (Lipinski definition) is 6. The summed E-state index contributed by atoms with van der Waals surface area (Å²) in [6.45, 7) is 7.30. The second-order valence-electron chi connectivity index (χ2n) is 8.49. The molecule has 0 bridgehead atoms. The van der Waals surface area contributed by atoms with Crippen LogP contribution in [-0.4, -0.2) is 84.2 Å². The normalized spacial score (nSPS) is 17.2. The third-order valence-corrected chi connectivity index (χ3v) is 5.84. The number of ether oxygens (including phenoxy) is 4. The maximum absolute atomic E-state index is 5.83. The van der Waals surface area contributed by atoms with Crippen molar-refractivity contribution in [2.75, 3.05) is 78.7 Å². The Kier molecular flexibility index (Phi) is 13.8. The van der Waals surface area contributed by atoms with Gasteiger partial charge in [0.25, 0.3) is 0 Å². The SMILES string of the molecule is COCCOCCCN=C(NCCC1CCN(C)CC1)Nc1ccc2c(c1)OCCCO2.I. The number of guanidine groups is 1. The molecule has 1 fully saturated rings. The minimum absolute atomic E-state index is 0. The van der Waals surface area contributed by atoms with Crippen LogP contribution < -0.4 is 20.1 Å². The van der Waals surface area contributed by atoms with Crippen molar-refractivity contribution < 1.29 is 18.9 Å². The van der Waals surface area contributed by atoms with E-state index >= 15 is 0 Å². The highest BCUT2D eigenvalue weighted by molar-refractivity contribution is 14.0. The first-order valence-corrected chi connectivity index (χ1v) is 11.9. The third kappa shape index (κ3) is 10.7. The molecule has 0 amide bonds. The number of hydrogen-bond donors (Lipinski definition) is 2. The predicted molar refractivity (Wildman–Crippen MR) is 144 cm³/mol. The highest BCUT2D eigenvalue weighted by Gasteiger charge is 2.16. The molecule has 2 aliphatic rings. The molecule has 0 unspecified atom stereocenters. The van der Waals surface area contributed by atoms with Gasteiger partial charge in [-0.05, 0) is 63.9 Å². The molecule has 188 valence electrons. The standard InChI is InChI=1S/C24H40N4O4.HI/c1-28-12-8-20(9-13-28)7-11-26-24(25-10-3-14-30-18-17-29-2)27-21-5-6-22-23(19-21)32-16-4-15-31-22;/h5-6,19-20H,3-4,7-18H2,1-2H3,(H2,25,26,27);1H. The predicted octanol–water partition coefficient (Wildman–Crippen LogP) is 3.61. The number of anilines is 1. The van der Waals surface area contributed by atoms with E-state index in [1.807, 2.05) is 18.2 Å². The molecular weight excluding hydrogens is 535 g/mol. The zero-order valence-electron chi connectivity index (χ0n) is 20.1. The summed E-state index contributed by atoms with van der Waals surface area (Å²) >= 11 is 0. The van der Waals surface area contributed by atoms with Crippen molar-refractivity contribution in [2.24, 2.45) is 10.9 Å². The number of nitrogens with zero attached hydrogens (tertiary/aromatic N) is 2. The molecule has 2 heterocycles. The molecule has 1 aromatic rings. The van der Waals surface area contributed by atoms with E-state index in [4.69, 9.17) is 23.9 Å². The Morgan fingerprint density at radius 1 is 1.12 bits per heavy atom. The van der Waals surface area contributed by atoms with E-state index in [9.17, 15) is 0 Å². The fraction of sp³-hybridized carbons (Fsp3) is 0.708. The zero-order chi connectivity index (χ0) is 22.4. The van der Waals surface area contributed by atoms with E-state index in [0.29, 0.717) is 39.6 Å². The molecule has 33 heavy (non-hydrogen) atoms. The van der Waals surface area contributed by atoms with Gasteiger partial charge in [0.05, 0.1) is 26.4 Å². The van der Waals surface area contributed by atoms with Gasteiger partial charge in [0.2, 0.25) is 0 Å². The number of nitrogens with one attached hydrogen (secondary N) is 2. The van der Waals surface area contributed by atoms with Crippen LogP contribution in [0.5, 0.6) is 11.5 Å². The average molecular weight is 577 g/mol. The van der Waals surface area contributed by atoms with Gasteiger partial charge in [0.15, 0.2) is 17.5 Å². The van der Waals surface area contributed by atoms with Crippen LogP contribution in [0.1, 0.15) is 32.1 Å². The first-order chi connectivity index (χ1) is 15.7. The number of halogens is 1. The second-order valence-corrected chi connectivity index (χ2v) is 8.49. The van der Waals surface area contributed by atoms with Crippen LogP contribution >= 0.6 is 24.0 Å². The maximum Gasteiger partial charge on any atom is 0.195 e. The number of fused-ring (bicyclic) bond motifs is 1. The smallest absolute Gasteiger partial charge is 0.195 e. The van der Waals surface area contributed by atoms with Gasteiger partial charge >= 0.3 is 0 Å². The van der Waals surface area contributed by atoms with Crippen molar-refractivity contribution in [3.63, 3.8) is 0 Å². The van der Waals surface area contributed by atoms with Gasteiger partial charge in [-0.3, -0.25) is 4.99 Å². The van der Waals surface area contributed by atoms with Crippen LogP contribution in [0.25, 0.3) is 0 Å². The minimum Gasteiger partial charge on any atom is -0.490 e. The van der Waals surface area contributed by atoms with Crippen LogP contribution in [-0.2, 0) is 9.47 Å². The Morgan fingerprint density at radius 2 is 1.91 bits per heavy atom. The number of likely N-dealkylation sites (tertiary alicyclic amines) is 1. The van der Waals surface area contributed by atoms with Gasteiger partial charge in [-0.15, -0.1) is 24.0 Å². The van der Waals surface area contributed by atoms with Gasteiger partial charge in [0, 0.05) is 45.0 Å². The highest BCUT2D eigenvalue weighted by atomic mass is 127. The summed E-state index contributed by atoms with van der Waals surface area (Å²) in [7, 11) is 3.89. The molecule has 9 heteroatoms.